The molecule has 2 rings (SSSR count). The Hall–Kier alpha value is -0.810. The molecule has 0 aromatic carbocycles. The lowest BCUT2D eigenvalue weighted by atomic mass is 10.2. The Labute approximate surface area is 96.7 Å². The van der Waals surface area contributed by atoms with Gasteiger partial charge < -0.3 is 14.6 Å². The van der Waals surface area contributed by atoms with Crippen LogP contribution in [-0.4, -0.2) is 36.5 Å². The van der Waals surface area contributed by atoms with Crippen molar-refractivity contribution < 1.29 is 9.21 Å². The molecule has 0 radical (unpaired) electrons. The zero-order valence-electron chi connectivity index (χ0n) is 8.50. The number of halogens is 1. The van der Waals surface area contributed by atoms with E-state index in [-0.39, 0.29) is 11.9 Å². The van der Waals surface area contributed by atoms with Crippen LogP contribution in [0.2, 0.25) is 0 Å². The molecule has 1 aliphatic heterocycles. The molecule has 1 aliphatic rings. The number of amides is 1. The molecule has 1 N–H and O–H groups in total. The zero-order chi connectivity index (χ0) is 10.8. The number of rotatable bonds is 1. The van der Waals surface area contributed by atoms with Crippen molar-refractivity contribution in [3.8, 4) is 0 Å². The number of hydrogen-bond acceptors (Lipinski definition) is 3. The van der Waals surface area contributed by atoms with Gasteiger partial charge in [-0.2, -0.15) is 0 Å². The van der Waals surface area contributed by atoms with Crippen molar-refractivity contribution in [3.63, 3.8) is 0 Å². The van der Waals surface area contributed by atoms with E-state index in [0.717, 1.165) is 24.1 Å². The summed E-state index contributed by atoms with van der Waals surface area (Å²) < 4.78 is 5.89. The van der Waals surface area contributed by atoms with E-state index in [9.17, 15) is 4.79 Å². The van der Waals surface area contributed by atoms with Crippen LogP contribution >= 0.6 is 15.9 Å². The van der Waals surface area contributed by atoms with E-state index in [4.69, 9.17) is 4.42 Å². The third-order valence-electron chi connectivity index (χ3n) is 2.57. The van der Waals surface area contributed by atoms with Crippen molar-refractivity contribution in [2.45, 2.75) is 13.0 Å². The largest absolute Gasteiger partial charge is 0.458 e. The van der Waals surface area contributed by atoms with Gasteiger partial charge in [-0.25, -0.2) is 0 Å². The highest BCUT2D eigenvalue weighted by atomic mass is 79.9. The first-order chi connectivity index (χ1) is 7.20. The standard InChI is InChI=1S/C10H13BrN2O2/c1-7-6-12-3-4-13(7)10(14)9-8(11)2-5-15-9/h2,5,7,12H,3-4,6H2,1H3. The van der Waals surface area contributed by atoms with Crippen LogP contribution in [0.4, 0.5) is 0 Å². The van der Waals surface area contributed by atoms with Gasteiger partial charge in [-0.3, -0.25) is 4.79 Å². The number of carbonyl (C=O) groups excluding carboxylic acids is 1. The normalized spacial score (nSPS) is 21.7. The molecular formula is C10H13BrN2O2. The van der Waals surface area contributed by atoms with E-state index >= 15 is 0 Å². The number of nitrogens with zero attached hydrogens (tertiary/aromatic N) is 1. The molecule has 1 aromatic heterocycles. The Kier molecular flexibility index (Phi) is 3.11. The van der Waals surface area contributed by atoms with E-state index < -0.39 is 0 Å². The Bertz CT molecular complexity index is 364. The first-order valence-electron chi connectivity index (χ1n) is 4.95. The van der Waals surface area contributed by atoms with Crippen molar-refractivity contribution in [1.82, 2.24) is 10.2 Å². The van der Waals surface area contributed by atoms with Gasteiger partial charge in [-0.05, 0) is 28.9 Å². The topological polar surface area (TPSA) is 45.5 Å². The smallest absolute Gasteiger partial charge is 0.291 e. The zero-order valence-corrected chi connectivity index (χ0v) is 10.1. The summed E-state index contributed by atoms with van der Waals surface area (Å²) in [5.41, 5.74) is 0. The summed E-state index contributed by atoms with van der Waals surface area (Å²) in [6.07, 6.45) is 1.52. The molecule has 82 valence electrons. The molecule has 15 heavy (non-hydrogen) atoms. The molecule has 0 bridgehead atoms. The third-order valence-corrected chi connectivity index (χ3v) is 3.20. The first-order valence-corrected chi connectivity index (χ1v) is 5.74. The monoisotopic (exact) mass is 272 g/mol. The van der Waals surface area contributed by atoms with Crippen molar-refractivity contribution in [2.24, 2.45) is 0 Å². The molecule has 1 fully saturated rings. The minimum atomic E-state index is -0.0409. The Morgan fingerprint density at radius 2 is 2.53 bits per heavy atom. The van der Waals surface area contributed by atoms with Gasteiger partial charge in [-0.1, -0.05) is 0 Å². The fourth-order valence-electron chi connectivity index (χ4n) is 1.72. The van der Waals surface area contributed by atoms with Gasteiger partial charge in [0.15, 0.2) is 0 Å². The average molecular weight is 273 g/mol. The lowest BCUT2D eigenvalue weighted by molar-refractivity contribution is 0.0622. The summed E-state index contributed by atoms with van der Waals surface area (Å²) >= 11 is 3.30. The van der Waals surface area contributed by atoms with Crippen LogP contribution in [0.15, 0.2) is 21.2 Å². The predicted octanol–water partition coefficient (Wildman–Crippen LogP) is 1.48. The number of piperazine rings is 1. The SMILES string of the molecule is CC1CNCCN1C(=O)c1occc1Br. The van der Waals surface area contributed by atoms with Gasteiger partial charge in [-0.15, -0.1) is 0 Å². The highest BCUT2D eigenvalue weighted by Crippen LogP contribution is 2.20. The lowest BCUT2D eigenvalue weighted by Crippen LogP contribution is -2.52. The number of nitrogens with one attached hydrogen (secondary N) is 1. The lowest BCUT2D eigenvalue weighted by Gasteiger charge is -2.33. The maximum Gasteiger partial charge on any atom is 0.291 e. The van der Waals surface area contributed by atoms with Crippen molar-refractivity contribution in [2.75, 3.05) is 19.6 Å². The predicted molar refractivity (Wildman–Crippen MR) is 59.8 cm³/mol. The highest BCUT2D eigenvalue weighted by Gasteiger charge is 2.27. The molecule has 1 aromatic rings. The molecule has 1 unspecified atom stereocenters. The van der Waals surface area contributed by atoms with Crippen LogP contribution in [0.5, 0.6) is 0 Å². The van der Waals surface area contributed by atoms with E-state index in [1.807, 2.05) is 11.8 Å². The van der Waals surface area contributed by atoms with Crippen LogP contribution in [-0.2, 0) is 0 Å². The molecule has 0 spiro atoms. The fraction of sp³-hybridized carbons (Fsp3) is 0.500. The van der Waals surface area contributed by atoms with Gasteiger partial charge in [0.1, 0.15) is 0 Å². The van der Waals surface area contributed by atoms with Gasteiger partial charge in [0, 0.05) is 25.7 Å². The van der Waals surface area contributed by atoms with Crippen molar-refractivity contribution in [1.29, 1.82) is 0 Å². The summed E-state index contributed by atoms with van der Waals surface area (Å²) in [6, 6.07) is 1.95. The van der Waals surface area contributed by atoms with Crippen molar-refractivity contribution >= 4 is 21.8 Å². The number of hydrogen-bond donors (Lipinski definition) is 1. The van der Waals surface area contributed by atoms with E-state index in [1.165, 1.54) is 6.26 Å². The second-order valence-corrected chi connectivity index (χ2v) is 4.50. The second kappa shape index (κ2) is 4.37. The molecule has 2 heterocycles. The molecule has 4 nitrogen and oxygen atoms in total. The minimum Gasteiger partial charge on any atom is -0.458 e. The summed E-state index contributed by atoms with van der Waals surface area (Å²) in [4.78, 5) is 13.9. The van der Waals surface area contributed by atoms with Crippen LogP contribution in [0.1, 0.15) is 17.5 Å². The maximum atomic E-state index is 12.1. The molecule has 1 saturated heterocycles. The summed E-state index contributed by atoms with van der Waals surface area (Å²) in [5.74, 6) is 0.352. The van der Waals surface area contributed by atoms with Gasteiger partial charge in [0.2, 0.25) is 5.76 Å². The second-order valence-electron chi connectivity index (χ2n) is 3.65. The summed E-state index contributed by atoms with van der Waals surface area (Å²) in [5, 5.41) is 3.24. The van der Waals surface area contributed by atoms with Gasteiger partial charge in [0.05, 0.1) is 10.7 Å². The molecule has 1 atom stereocenters. The summed E-state index contributed by atoms with van der Waals surface area (Å²) in [6.45, 7) is 4.44. The van der Waals surface area contributed by atoms with E-state index in [2.05, 4.69) is 21.2 Å². The van der Waals surface area contributed by atoms with E-state index in [1.54, 1.807) is 6.07 Å². The van der Waals surface area contributed by atoms with Gasteiger partial charge in [0.25, 0.3) is 5.91 Å². The number of carbonyl (C=O) groups is 1. The highest BCUT2D eigenvalue weighted by molar-refractivity contribution is 9.10. The number of furan rings is 1. The summed E-state index contributed by atoms with van der Waals surface area (Å²) in [7, 11) is 0. The third kappa shape index (κ3) is 2.08. The maximum absolute atomic E-state index is 12.1. The van der Waals surface area contributed by atoms with Crippen LogP contribution < -0.4 is 5.32 Å². The molecular weight excluding hydrogens is 260 g/mol. The molecule has 0 aliphatic carbocycles. The van der Waals surface area contributed by atoms with Gasteiger partial charge >= 0.3 is 0 Å². The Morgan fingerprint density at radius 3 is 3.13 bits per heavy atom. The average Bonchev–Trinajstić information content (AvgIpc) is 2.64. The Balaban J connectivity index is 2.17. The molecule has 1 amide bonds. The first kappa shape index (κ1) is 10.7. The van der Waals surface area contributed by atoms with Crippen LogP contribution in [0.3, 0.4) is 0 Å². The molecule has 5 heteroatoms. The molecule has 0 saturated carbocycles. The Morgan fingerprint density at radius 1 is 1.73 bits per heavy atom. The fourth-order valence-corrected chi connectivity index (χ4v) is 2.09. The van der Waals surface area contributed by atoms with E-state index in [0.29, 0.717) is 5.76 Å². The van der Waals surface area contributed by atoms with Crippen LogP contribution in [0, 0.1) is 0 Å². The van der Waals surface area contributed by atoms with Crippen LogP contribution in [0.25, 0.3) is 0 Å². The minimum absolute atomic E-state index is 0.0409. The van der Waals surface area contributed by atoms with Crippen molar-refractivity contribution in [3.05, 3.63) is 22.6 Å². The quantitative estimate of drug-likeness (QED) is 0.843.